The molecule has 0 aromatic carbocycles. The molecule has 0 radical (unpaired) electrons. The van der Waals surface area contributed by atoms with Crippen molar-refractivity contribution < 1.29 is 22.0 Å². The average molecular weight is 416 g/mol. The molecule has 1 nitrogen and oxygen atoms in total. The highest BCUT2D eigenvalue weighted by Gasteiger charge is 2.39. The standard InChI is InChI=1S/C8H4BrF5IN/c9-1-4-6(15)5(8(12,13)14)3(2-16-4)7(10)11/h2,7H,1H2. The van der Waals surface area contributed by atoms with Crippen molar-refractivity contribution in [1.29, 1.82) is 0 Å². The minimum atomic E-state index is -4.80. The first-order chi connectivity index (χ1) is 7.29. The topological polar surface area (TPSA) is 12.9 Å². The second kappa shape index (κ2) is 5.11. The first kappa shape index (κ1) is 14.1. The quantitative estimate of drug-likeness (QED) is 0.392. The smallest absolute Gasteiger partial charge is 0.259 e. The fraction of sp³-hybridized carbons (Fsp3) is 0.375. The Labute approximate surface area is 110 Å². The van der Waals surface area contributed by atoms with Gasteiger partial charge < -0.3 is 0 Å². The fourth-order valence-electron chi connectivity index (χ4n) is 1.09. The van der Waals surface area contributed by atoms with Gasteiger partial charge in [0.1, 0.15) is 0 Å². The molecule has 0 aliphatic heterocycles. The molecule has 0 aliphatic carbocycles. The molecule has 0 N–H and O–H groups in total. The van der Waals surface area contributed by atoms with Crippen LogP contribution in [-0.4, -0.2) is 4.98 Å². The first-order valence-electron chi connectivity index (χ1n) is 3.87. The van der Waals surface area contributed by atoms with Crippen LogP contribution in [-0.2, 0) is 11.5 Å². The van der Waals surface area contributed by atoms with Crippen LogP contribution in [0.5, 0.6) is 0 Å². The Morgan fingerprint density at radius 3 is 2.31 bits per heavy atom. The van der Waals surface area contributed by atoms with Crippen LogP contribution in [0, 0.1) is 3.57 Å². The van der Waals surface area contributed by atoms with Crippen molar-refractivity contribution in [2.75, 3.05) is 0 Å². The summed E-state index contributed by atoms with van der Waals surface area (Å²) in [5, 5.41) is 0.0812. The molecule has 0 atom stereocenters. The SMILES string of the molecule is FC(F)c1cnc(CBr)c(I)c1C(F)(F)F. The highest BCUT2D eigenvalue weighted by atomic mass is 127. The maximum atomic E-state index is 12.6. The molecule has 1 aromatic rings. The fourth-order valence-corrected chi connectivity index (χ4v) is 2.98. The molecular formula is C8H4BrF5IN. The zero-order valence-corrected chi connectivity index (χ0v) is 11.2. The van der Waals surface area contributed by atoms with E-state index < -0.39 is 23.7 Å². The zero-order chi connectivity index (χ0) is 12.5. The van der Waals surface area contributed by atoms with Gasteiger partial charge in [-0.2, -0.15) is 13.2 Å². The molecule has 0 spiro atoms. The normalized spacial score (nSPS) is 12.2. The maximum absolute atomic E-state index is 12.6. The van der Waals surface area contributed by atoms with Crippen LogP contribution in [0.2, 0.25) is 0 Å². The molecule has 0 saturated carbocycles. The van der Waals surface area contributed by atoms with Gasteiger partial charge in [-0.25, -0.2) is 8.78 Å². The number of hydrogen-bond acceptors (Lipinski definition) is 1. The maximum Gasteiger partial charge on any atom is 0.418 e. The lowest BCUT2D eigenvalue weighted by Crippen LogP contribution is -2.14. The van der Waals surface area contributed by atoms with E-state index in [0.29, 0.717) is 6.20 Å². The van der Waals surface area contributed by atoms with Gasteiger partial charge in [0.25, 0.3) is 6.43 Å². The van der Waals surface area contributed by atoms with Crippen LogP contribution in [0.1, 0.15) is 23.2 Å². The summed E-state index contributed by atoms with van der Waals surface area (Å²) in [4.78, 5) is 3.56. The van der Waals surface area contributed by atoms with Crippen molar-refractivity contribution in [3.05, 3.63) is 26.6 Å². The minimum absolute atomic E-state index is 0.0812. The number of alkyl halides is 6. The van der Waals surface area contributed by atoms with E-state index in [1.807, 2.05) is 0 Å². The van der Waals surface area contributed by atoms with Crippen molar-refractivity contribution >= 4 is 38.5 Å². The summed E-state index contributed by atoms with van der Waals surface area (Å²) < 4.78 is 62.4. The average Bonchev–Trinajstić information content (AvgIpc) is 2.14. The van der Waals surface area contributed by atoms with Gasteiger partial charge in [-0.3, -0.25) is 4.98 Å². The third-order valence-corrected chi connectivity index (χ3v) is 3.46. The van der Waals surface area contributed by atoms with Crippen molar-refractivity contribution in [2.45, 2.75) is 17.9 Å². The Bertz CT molecular complexity index is 393. The lowest BCUT2D eigenvalue weighted by molar-refractivity contribution is -0.140. The predicted octanol–water partition coefficient (Wildman–Crippen LogP) is 4.54. The summed E-state index contributed by atoms with van der Waals surface area (Å²) in [6, 6.07) is 0. The van der Waals surface area contributed by atoms with Crippen LogP contribution in [0.25, 0.3) is 0 Å². The minimum Gasteiger partial charge on any atom is -0.259 e. The van der Waals surface area contributed by atoms with Gasteiger partial charge in [-0.05, 0) is 22.6 Å². The first-order valence-corrected chi connectivity index (χ1v) is 6.07. The lowest BCUT2D eigenvalue weighted by atomic mass is 10.1. The highest BCUT2D eigenvalue weighted by Crippen LogP contribution is 2.39. The Morgan fingerprint density at radius 1 is 1.38 bits per heavy atom. The monoisotopic (exact) mass is 415 g/mol. The molecule has 1 aromatic heterocycles. The second-order valence-corrected chi connectivity index (χ2v) is 4.42. The van der Waals surface area contributed by atoms with E-state index in [0.717, 1.165) is 0 Å². The van der Waals surface area contributed by atoms with Crippen molar-refractivity contribution in [1.82, 2.24) is 4.98 Å². The lowest BCUT2D eigenvalue weighted by Gasteiger charge is -2.15. The number of rotatable bonds is 2. The van der Waals surface area contributed by atoms with Gasteiger partial charge in [0.2, 0.25) is 0 Å². The number of nitrogens with zero attached hydrogens (tertiary/aromatic N) is 1. The summed E-state index contributed by atoms with van der Waals surface area (Å²) in [5.41, 5.74) is -2.29. The van der Waals surface area contributed by atoms with E-state index in [4.69, 9.17) is 0 Å². The van der Waals surface area contributed by atoms with Gasteiger partial charge in [0, 0.05) is 20.7 Å². The van der Waals surface area contributed by atoms with Gasteiger partial charge in [-0.15, -0.1) is 0 Å². The van der Waals surface area contributed by atoms with Crippen molar-refractivity contribution in [2.24, 2.45) is 0 Å². The zero-order valence-electron chi connectivity index (χ0n) is 7.45. The summed E-state index contributed by atoms with van der Waals surface area (Å²) in [5.74, 6) is 0. The molecule has 0 bridgehead atoms. The second-order valence-electron chi connectivity index (χ2n) is 2.78. The van der Waals surface area contributed by atoms with Gasteiger partial charge in [0.15, 0.2) is 0 Å². The van der Waals surface area contributed by atoms with Gasteiger partial charge in [0.05, 0.1) is 11.3 Å². The summed E-state index contributed by atoms with van der Waals surface area (Å²) in [7, 11) is 0. The van der Waals surface area contributed by atoms with E-state index >= 15 is 0 Å². The number of pyridine rings is 1. The molecule has 0 unspecified atom stereocenters. The van der Waals surface area contributed by atoms with Crippen LogP contribution in [0.3, 0.4) is 0 Å². The predicted molar refractivity (Wildman–Crippen MR) is 59.5 cm³/mol. The molecule has 0 amide bonds. The summed E-state index contributed by atoms with van der Waals surface area (Å²) >= 11 is 4.33. The van der Waals surface area contributed by atoms with Crippen molar-refractivity contribution in [3.8, 4) is 0 Å². The van der Waals surface area contributed by atoms with Crippen LogP contribution in [0.15, 0.2) is 6.20 Å². The molecule has 1 heterocycles. The van der Waals surface area contributed by atoms with E-state index in [2.05, 4.69) is 20.9 Å². The molecule has 8 heteroatoms. The number of hydrogen-bond donors (Lipinski definition) is 0. The van der Waals surface area contributed by atoms with E-state index in [9.17, 15) is 22.0 Å². The van der Waals surface area contributed by atoms with Gasteiger partial charge >= 0.3 is 6.18 Å². The molecule has 0 aliphatic rings. The van der Waals surface area contributed by atoms with Crippen LogP contribution >= 0.6 is 38.5 Å². The van der Waals surface area contributed by atoms with E-state index in [1.54, 1.807) is 0 Å². The number of halogens is 7. The Hall–Kier alpha value is 0.01000. The summed E-state index contributed by atoms with van der Waals surface area (Å²) in [6.45, 7) is 0. The van der Waals surface area contributed by atoms with E-state index in [-0.39, 0.29) is 14.6 Å². The molecular weight excluding hydrogens is 412 g/mol. The number of aromatic nitrogens is 1. The molecule has 0 saturated heterocycles. The summed E-state index contributed by atoms with van der Waals surface area (Å²) in [6.07, 6.45) is -7.42. The molecule has 0 fully saturated rings. The van der Waals surface area contributed by atoms with E-state index in [1.165, 1.54) is 22.6 Å². The van der Waals surface area contributed by atoms with Crippen LogP contribution < -0.4 is 0 Å². The molecule has 90 valence electrons. The molecule has 1 rings (SSSR count). The third-order valence-electron chi connectivity index (χ3n) is 1.77. The Morgan fingerprint density at radius 2 is 1.94 bits per heavy atom. The third kappa shape index (κ3) is 2.82. The van der Waals surface area contributed by atoms with Crippen LogP contribution in [0.4, 0.5) is 22.0 Å². The van der Waals surface area contributed by atoms with Crippen molar-refractivity contribution in [3.63, 3.8) is 0 Å². The Kier molecular flexibility index (Phi) is 4.49. The molecule has 16 heavy (non-hydrogen) atoms. The highest BCUT2D eigenvalue weighted by molar-refractivity contribution is 14.1. The Balaban J connectivity index is 3.50. The largest absolute Gasteiger partial charge is 0.418 e. The van der Waals surface area contributed by atoms with Gasteiger partial charge in [-0.1, -0.05) is 15.9 Å².